The van der Waals surface area contributed by atoms with E-state index in [1.54, 1.807) is 0 Å². The zero-order chi connectivity index (χ0) is 12.1. The Labute approximate surface area is 87.4 Å². The quantitative estimate of drug-likeness (QED) is 0.597. The van der Waals surface area contributed by atoms with Crippen molar-refractivity contribution in [2.24, 2.45) is 11.5 Å². The van der Waals surface area contributed by atoms with Crippen LogP contribution in [0.5, 0.6) is 0 Å². The van der Waals surface area contributed by atoms with Gasteiger partial charge in [0.2, 0.25) is 0 Å². The number of rotatable bonds is 0. The number of ether oxygens (including phenoxy) is 1. The molecule has 0 saturated carbocycles. The predicted molar refractivity (Wildman–Crippen MR) is 55.2 cm³/mol. The highest BCUT2D eigenvalue weighted by Gasteiger charge is 1.76. The van der Waals surface area contributed by atoms with Crippen molar-refractivity contribution >= 4 is 12.2 Å². The van der Waals surface area contributed by atoms with Crippen molar-refractivity contribution in [3.8, 4) is 0 Å². The van der Waals surface area contributed by atoms with Gasteiger partial charge in [-0.25, -0.2) is 9.59 Å². The van der Waals surface area contributed by atoms with Gasteiger partial charge in [-0.2, -0.15) is 0 Å². The van der Waals surface area contributed by atoms with Crippen molar-refractivity contribution in [1.82, 2.24) is 0 Å². The van der Waals surface area contributed by atoms with E-state index in [1.807, 2.05) is 36.4 Å². The monoisotopic (exact) mass is 214 g/mol. The van der Waals surface area contributed by atoms with Crippen LogP contribution in [0.4, 0.5) is 9.59 Å². The van der Waals surface area contributed by atoms with E-state index < -0.39 is 12.2 Å². The molecule has 0 bridgehead atoms. The Hall–Kier alpha value is -2.24. The third-order valence-electron chi connectivity index (χ3n) is 0.868. The van der Waals surface area contributed by atoms with Crippen molar-refractivity contribution in [2.75, 3.05) is 7.11 Å². The molecule has 0 spiro atoms. The fraction of sp³-hybridized carbons (Fsp3) is 0.111. The predicted octanol–water partition coefficient (Wildman–Crippen LogP) is 1.02. The first-order chi connectivity index (χ1) is 7.00. The number of hydrogen-bond donors (Lipinski definition) is 3. The first-order valence-corrected chi connectivity index (χ1v) is 3.82. The SMILES string of the molecule is COC(N)=O.NC(=O)O.c1ccccc1. The van der Waals surface area contributed by atoms with Gasteiger partial charge >= 0.3 is 12.2 Å². The van der Waals surface area contributed by atoms with E-state index in [9.17, 15) is 4.79 Å². The highest BCUT2D eigenvalue weighted by atomic mass is 16.5. The highest BCUT2D eigenvalue weighted by molar-refractivity contribution is 5.64. The second kappa shape index (κ2) is 11.8. The number of nitrogens with two attached hydrogens (primary N) is 2. The standard InChI is InChI=1S/C6H6.C2H5NO2.CH3NO2/c1-2-4-6-5-3-1;1-5-2(3)4;2-1(3)4/h1-6H;1H3,(H2,3,4);2H2,(H,3,4). The van der Waals surface area contributed by atoms with Gasteiger partial charge in [0.15, 0.2) is 0 Å². The largest absolute Gasteiger partial charge is 0.465 e. The number of hydrogen-bond acceptors (Lipinski definition) is 3. The molecule has 0 aliphatic heterocycles. The number of amides is 2. The third kappa shape index (κ3) is 33.8. The lowest BCUT2D eigenvalue weighted by Gasteiger charge is -1.81. The molecule has 0 unspecified atom stereocenters. The van der Waals surface area contributed by atoms with Crippen LogP contribution in [0.1, 0.15) is 0 Å². The molecule has 0 atom stereocenters. The summed E-state index contributed by atoms with van der Waals surface area (Å²) < 4.78 is 3.89. The van der Waals surface area contributed by atoms with Gasteiger partial charge < -0.3 is 21.3 Å². The number of methoxy groups -OCH3 is 1. The van der Waals surface area contributed by atoms with Gasteiger partial charge in [-0.1, -0.05) is 36.4 Å². The van der Waals surface area contributed by atoms with E-state index in [-0.39, 0.29) is 0 Å². The molecule has 6 nitrogen and oxygen atoms in total. The molecule has 1 aromatic carbocycles. The number of carbonyl (C=O) groups excluding carboxylic acids is 1. The zero-order valence-electron chi connectivity index (χ0n) is 8.29. The molecule has 0 radical (unpaired) electrons. The molecular weight excluding hydrogens is 200 g/mol. The van der Waals surface area contributed by atoms with E-state index in [2.05, 4.69) is 16.2 Å². The molecule has 6 heteroatoms. The lowest BCUT2D eigenvalue weighted by molar-refractivity contribution is 0.182. The number of primary amides is 2. The smallest absolute Gasteiger partial charge is 0.404 e. The number of carboxylic acid groups (broad SMARTS) is 1. The molecule has 0 aliphatic carbocycles. The number of benzene rings is 1. The van der Waals surface area contributed by atoms with Gasteiger partial charge in [-0.05, 0) is 0 Å². The normalized spacial score (nSPS) is 7.00. The molecule has 84 valence electrons. The summed E-state index contributed by atoms with van der Waals surface area (Å²) in [5, 5.41) is 7.19. The van der Waals surface area contributed by atoms with Crippen LogP contribution in [-0.2, 0) is 4.74 Å². The zero-order valence-corrected chi connectivity index (χ0v) is 8.29. The first-order valence-electron chi connectivity index (χ1n) is 3.82. The molecule has 5 N–H and O–H groups in total. The molecular formula is C9H14N2O4. The summed E-state index contributed by atoms with van der Waals surface area (Å²) in [5.74, 6) is 0. The van der Waals surface area contributed by atoms with Crippen molar-refractivity contribution in [1.29, 1.82) is 0 Å². The number of carbonyl (C=O) groups is 2. The van der Waals surface area contributed by atoms with Crippen LogP contribution in [0.15, 0.2) is 36.4 Å². The molecule has 0 aliphatic rings. The van der Waals surface area contributed by atoms with Crippen molar-refractivity contribution in [3.63, 3.8) is 0 Å². The van der Waals surface area contributed by atoms with Crippen molar-refractivity contribution in [2.45, 2.75) is 0 Å². The van der Waals surface area contributed by atoms with Gasteiger partial charge in [-0.3, -0.25) is 0 Å². The van der Waals surface area contributed by atoms with Crippen LogP contribution in [0.2, 0.25) is 0 Å². The highest BCUT2D eigenvalue weighted by Crippen LogP contribution is 1.79. The van der Waals surface area contributed by atoms with Crippen molar-refractivity contribution in [3.05, 3.63) is 36.4 Å². The lowest BCUT2D eigenvalue weighted by Crippen LogP contribution is -2.08. The van der Waals surface area contributed by atoms with Crippen LogP contribution in [0.25, 0.3) is 0 Å². The first kappa shape index (κ1) is 15.2. The Kier molecular flexibility index (Phi) is 11.9. The molecule has 2 amide bonds. The Bertz CT molecular complexity index is 233. The molecule has 1 aromatic rings. The van der Waals surface area contributed by atoms with Crippen LogP contribution in [0, 0.1) is 0 Å². The summed E-state index contributed by atoms with van der Waals surface area (Å²) in [6.45, 7) is 0. The van der Waals surface area contributed by atoms with Gasteiger partial charge in [-0.15, -0.1) is 0 Å². The van der Waals surface area contributed by atoms with E-state index in [0.717, 1.165) is 0 Å². The van der Waals surface area contributed by atoms with Crippen LogP contribution < -0.4 is 11.5 Å². The Morgan fingerprint density at radius 3 is 1.20 bits per heavy atom. The van der Waals surface area contributed by atoms with Gasteiger partial charge in [0.05, 0.1) is 7.11 Å². The summed E-state index contributed by atoms with van der Waals surface area (Å²) in [4.78, 5) is 18.1. The van der Waals surface area contributed by atoms with Crippen LogP contribution in [-0.4, -0.2) is 24.4 Å². The van der Waals surface area contributed by atoms with E-state index in [0.29, 0.717) is 0 Å². The third-order valence-corrected chi connectivity index (χ3v) is 0.868. The van der Waals surface area contributed by atoms with Gasteiger partial charge in [0.1, 0.15) is 0 Å². The molecule has 0 heterocycles. The maximum Gasteiger partial charge on any atom is 0.404 e. The molecule has 15 heavy (non-hydrogen) atoms. The van der Waals surface area contributed by atoms with Crippen molar-refractivity contribution < 1.29 is 19.4 Å². The summed E-state index contributed by atoms with van der Waals surface area (Å²) >= 11 is 0. The molecule has 0 saturated heterocycles. The van der Waals surface area contributed by atoms with Gasteiger partial charge in [0, 0.05) is 0 Å². The molecule has 0 fully saturated rings. The Morgan fingerprint density at radius 1 is 1.00 bits per heavy atom. The van der Waals surface area contributed by atoms with E-state index >= 15 is 0 Å². The van der Waals surface area contributed by atoms with Crippen LogP contribution >= 0.6 is 0 Å². The Balaban J connectivity index is 0. The fourth-order valence-corrected chi connectivity index (χ4v) is 0.385. The Morgan fingerprint density at radius 2 is 1.13 bits per heavy atom. The second-order valence-corrected chi connectivity index (χ2v) is 2.02. The summed E-state index contributed by atoms with van der Waals surface area (Å²) in [6.07, 6.45) is -2.08. The fourth-order valence-electron chi connectivity index (χ4n) is 0.385. The minimum absolute atomic E-state index is 0.745. The van der Waals surface area contributed by atoms with E-state index in [1.165, 1.54) is 7.11 Å². The average molecular weight is 214 g/mol. The lowest BCUT2D eigenvalue weighted by atomic mass is 10.4. The maximum absolute atomic E-state index is 9.37. The van der Waals surface area contributed by atoms with Crippen LogP contribution in [0.3, 0.4) is 0 Å². The summed E-state index contributed by atoms with van der Waals surface area (Å²) in [5.41, 5.74) is 8.46. The second-order valence-electron chi connectivity index (χ2n) is 2.02. The maximum atomic E-state index is 9.37. The minimum atomic E-state index is -1.33. The topological polar surface area (TPSA) is 116 Å². The van der Waals surface area contributed by atoms with Gasteiger partial charge in [0.25, 0.3) is 0 Å². The van der Waals surface area contributed by atoms with E-state index in [4.69, 9.17) is 9.90 Å². The molecule has 0 aromatic heterocycles. The molecule has 1 rings (SSSR count). The minimum Gasteiger partial charge on any atom is -0.465 e. The summed E-state index contributed by atoms with van der Waals surface area (Å²) in [6, 6.07) is 12.0. The summed E-state index contributed by atoms with van der Waals surface area (Å²) in [7, 11) is 1.22. The average Bonchev–Trinajstić information content (AvgIpc) is 2.20.